The second-order valence-corrected chi connectivity index (χ2v) is 13.4. The number of carbonyl (C=O) groups excluding carboxylic acids is 2. The van der Waals surface area contributed by atoms with Crippen LogP contribution in [0.3, 0.4) is 0 Å². The van der Waals surface area contributed by atoms with E-state index < -0.39 is 64.6 Å². The van der Waals surface area contributed by atoms with E-state index in [1.165, 1.54) is 6.08 Å². The Kier molecular flexibility index (Phi) is 6.62. The van der Waals surface area contributed by atoms with Crippen molar-refractivity contribution in [2.24, 2.45) is 28.6 Å². The molecule has 0 aromatic heterocycles. The molecule has 39 heavy (non-hydrogen) atoms. The lowest BCUT2D eigenvalue weighted by Gasteiger charge is -2.66. The van der Waals surface area contributed by atoms with Gasteiger partial charge < -0.3 is 44.5 Å². The molecule has 10 heteroatoms. The van der Waals surface area contributed by atoms with Gasteiger partial charge in [-0.15, -0.1) is 0 Å². The zero-order valence-electron chi connectivity index (χ0n) is 22.7. The van der Waals surface area contributed by atoms with Gasteiger partial charge in [-0.05, 0) is 75.2 Å². The molecule has 4 saturated carbocycles. The van der Waals surface area contributed by atoms with Crippen molar-refractivity contribution in [3.63, 3.8) is 0 Å². The van der Waals surface area contributed by atoms with Crippen LogP contribution < -0.4 is 0 Å². The minimum atomic E-state index is -1.40. The molecule has 0 bridgehead atoms. The number of hydrogen-bond acceptors (Lipinski definition) is 10. The Bertz CT molecular complexity index is 1050. The van der Waals surface area contributed by atoms with Gasteiger partial charge in [0, 0.05) is 24.3 Å². The quantitative estimate of drug-likeness (QED) is 0.192. The van der Waals surface area contributed by atoms with Gasteiger partial charge in [0.05, 0.1) is 41.0 Å². The molecule has 1 saturated heterocycles. The fraction of sp³-hybridized carbons (Fsp3) is 0.862. The zero-order chi connectivity index (χ0) is 28.0. The maximum atomic E-state index is 13.0. The fourth-order valence-electron chi connectivity index (χ4n) is 9.75. The SMILES string of the molecule is C[C@@H]1C[C@@H](O)[C@@H](O)[C@H](O[C@H]2CC[C@]3(C=O)[C@@H]4C[C@@H](O)[C@]5(C)[C@@H](C6=CC(=O)OC6)CC[C@]5(O)[C@H]4CC[C@]3(O)C2)O1. The monoisotopic (exact) mass is 550 g/mol. The third kappa shape index (κ3) is 3.78. The molecule has 2 aliphatic heterocycles. The number of esters is 1. The van der Waals surface area contributed by atoms with E-state index in [2.05, 4.69) is 0 Å². The topological polar surface area (TPSA) is 163 Å². The second-order valence-electron chi connectivity index (χ2n) is 13.4. The first-order valence-electron chi connectivity index (χ1n) is 14.5. The molecule has 13 atom stereocenters. The fourth-order valence-corrected chi connectivity index (χ4v) is 9.75. The highest BCUT2D eigenvalue weighted by Crippen LogP contribution is 2.70. The second kappa shape index (κ2) is 9.31. The Morgan fingerprint density at radius 3 is 2.51 bits per heavy atom. The molecule has 4 aliphatic carbocycles. The molecule has 10 nitrogen and oxygen atoms in total. The number of cyclic esters (lactones) is 1. The highest BCUT2D eigenvalue weighted by Gasteiger charge is 2.74. The Morgan fingerprint density at radius 1 is 1.05 bits per heavy atom. The largest absolute Gasteiger partial charge is 0.458 e. The smallest absolute Gasteiger partial charge is 0.331 e. The molecular weight excluding hydrogens is 508 g/mol. The number of aldehydes is 1. The highest BCUT2D eigenvalue weighted by molar-refractivity contribution is 5.85. The van der Waals surface area contributed by atoms with Crippen molar-refractivity contribution < 1.29 is 49.3 Å². The molecule has 2 heterocycles. The average Bonchev–Trinajstić information content (AvgIpc) is 3.43. The molecule has 6 rings (SSSR count). The number of fused-ring (bicyclic) bond motifs is 5. The number of carbonyl (C=O) groups is 2. The number of rotatable bonds is 4. The molecule has 0 radical (unpaired) electrons. The van der Waals surface area contributed by atoms with Gasteiger partial charge >= 0.3 is 5.97 Å². The predicted octanol–water partition coefficient (Wildman–Crippen LogP) is 0.750. The predicted molar refractivity (Wildman–Crippen MR) is 135 cm³/mol. The van der Waals surface area contributed by atoms with E-state index in [-0.39, 0.29) is 37.4 Å². The van der Waals surface area contributed by atoms with Gasteiger partial charge in [-0.3, -0.25) is 0 Å². The molecule has 5 fully saturated rings. The third-order valence-electron chi connectivity index (χ3n) is 11.9. The minimum Gasteiger partial charge on any atom is -0.458 e. The molecule has 6 aliphatic rings. The van der Waals surface area contributed by atoms with Crippen molar-refractivity contribution in [3.8, 4) is 0 Å². The lowest BCUT2D eigenvalue weighted by atomic mass is 9.41. The van der Waals surface area contributed by atoms with Crippen molar-refractivity contribution in [3.05, 3.63) is 11.6 Å². The molecule has 0 aromatic carbocycles. The van der Waals surface area contributed by atoms with Crippen LogP contribution in [0.25, 0.3) is 0 Å². The molecule has 0 amide bonds. The summed E-state index contributed by atoms with van der Waals surface area (Å²) < 4.78 is 17.0. The van der Waals surface area contributed by atoms with Crippen LogP contribution in [0.15, 0.2) is 11.6 Å². The molecule has 0 spiro atoms. The van der Waals surface area contributed by atoms with Gasteiger partial charge in [0.15, 0.2) is 6.29 Å². The number of hydrogen-bond donors (Lipinski definition) is 5. The molecular formula is C29H42O10. The van der Waals surface area contributed by atoms with E-state index in [0.29, 0.717) is 44.9 Å². The van der Waals surface area contributed by atoms with Crippen LogP contribution >= 0.6 is 0 Å². The number of ether oxygens (including phenoxy) is 3. The van der Waals surface area contributed by atoms with Crippen LogP contribution in [0, 0.1) is 28.6 Å². The van der Waals surface area contributed by atoms with Crippen LogP contribution in [-0.4, -0.2) is 92.4 Å². The van der Waals surface area contributed by atoms with Crippen molar-refractivity contribution >= 4 is 12.3 Å². The Labute approximate surface area is 228 Å². The van der Waals surface area contributed by atoms with E-state index in [1.807, 2.05) is 6.92 Å². The summed E-state index contributed by atoms with van der Waals surface area (Å²) >= 11 is 0. The summed E-state index contributed by atoms with van der Waals surface area (Å²) in [5, 5.41) is 56.7. The van der Waals surface area contributed by atoms with Crippen LogP contribution in [0.4, 0.5) is 0 Å². The molecule has 5 N–H and O–H groups in total. The summed E-state index contributed by atoms with van der Waals surface area (Å²) in [5.74, 6) is -1.32. The van der Waals surface area contributed by atoms with Gasteiger partial charge in [-0.25, -0.2) is 4.79 Å². The van der Waals surface area contributed by atoms with E-state index in [1.54, 1.807) is 6.92 Å². The van der Waals surface area contributed by atoms with Gasteiger partial charge in [0.25, 0.3) is 0 Å². The number of aliphatic hydroxyl groups excluding tert-OH is 3. The van der Waals surface area contributed by atoms with E-state index >= 15 is 0 Å². The zero-order valence-corrected chi connectivity index (χ0v) is 22.7. The number of aliphatic hydroxyl groups is 5. The summed E-state index contributed by atoms with van der Waals surface area (Å²) in [7, 11) is 0. The van der Waals surface area contributed by atoms with Crippen LogP contribution in [-0.2, 0) is 23.8 Å². The van der Waals surface area contributed by atoms with Crippen LogP contribution in [0.1, 0.15) is 71.6 Å². The van der Waals surface area contributed by atoms with Crippen LogP contribution in [0.5, 0.6) is 0 Å². The summed E-state index contributed by atoms with van der Waals surface area (Å²) in [4.78, 5) is 24.8. The molecule has 0 aromatic rings. The standard InChI is InChI=1S/C29H42O10/c1-15-9-21(31)24(34)25(38-15)39-17-3-6-27(14-30)20-11-22(32)26(2)18(16-10-23(33)37-13-16)5-8-29(26,36)19(20)4-7-28(27,35)12-17/h10,14-15,17-22,24-25,31-32,34-36H,3-9,11-13H2,1-2H3/t15-,17+,18-,19+,20-,21-,22-,24-,25+,26+,27+,28+,29+/m1/s1. The first kappa shape index (κ1) is 27.8. The maximum Gasteiger partial charge on any atom is 0.331 e. The van der Waals surface area contributed by atoms with E-state index in [9.17, 15) is 35.1 Å². The summed E-state index contributed by atoms with van der Waals surface area (Å²) in [6.07, 6.45) is 0.759. The highest BCUT2D eigenvalue weighted by atomic mass is 16.7. The Hall–Kier alpha value is -1.40. The first-order valence-corrected chi connectivity index (χ1v) is 14.5. The van der Waals surface area contributed by atoms with Gasteiger partial charge in [-0.2, -0.15) is 0 Å². The van der Waals surface area contributed by atoms with E-state index in [4.69, 9.17) is 14.2 Å². The normalized spacial score (nSPS) is 55.2. The van der Waals surface area contributed by atoms with E-state index in [0.717, 1.165) is 11.9 Å². The maximum absolute atomic E-state index is 13.0. The molecule has 0 unspecified atom stereocenters. The summed E-state index contributed by atoms with van der Waals surface area (Å²) in [6.45, 7) is 3.87. The summed E-state index contributed by atoms with van der Waals surface area (Å²) in [5.41, 5.74) is -3.92. The summed E-state index contributed by atoms with van der Waals surface area (Å²) in [6, 6.07) is 0. The van der Waals surface area contributed by atoms with Gasteiger partial charge in [0.2, 0.25) is 0 Å². The minimum absolute atomic E-state index is 0.159. The van der Waals surface area contributed by atoms with Gasteiger partial charge in [0.1, 0.15) is 19.0 Å². The third-order valence-corrected chi connectivity index (χ3v) is 11.9. The van der Waals surface area contributed by atoms with Crippen molar-refractivity contribution in [1.82, 2.24) is 0 Å². The van der Waals surface area contributed by atoms with Gasteiger partial charge in [-0.1, -0.05) is 6.92 Å². The lowest BCUT2D eigenvalue weighted by Crippen LogP contribution is -2.71. The average molecular weight is 551 g/mol. The van der Waals surface area contributed by atoms with Crippen molar-refractivity contribution in [2.45, 2.75) is 120 Å². The Morgan fingerprint density at radius 2 is 1.82 bits per heavy atom. The Balaban J connectivity index is 1.26. The first-order chi connectivity index (χ1) is 18.4. The lowest BCUT2D eigenvalue weighted by molar-refractivity contribution is -0.302. The van der Waals surface area contributed by atoms with Crippen LogP contribution in [0.2, 0.25) is 0 Å². The molecule has 218 valence electrons. The van der Waals surface area contributed by atoms with Crippen molar-refractivity contribution in [1.29, 1.82) is 0 Å². The van der Waals surface area contributed by atoms with Crippen molar-refractivity contribution in [2.75, 3.05) is 6.61 Å².